The monoisotopic (exact) mass is 340 g/mol. The Morgan fingerprint density at radius 2 is 2.17 bits per heavy atom. The van der Waals surface area contributed by atoms with Crippen LogP contribution in [0.15, 0.2) is 27.9 Å². The van der Waals surface area contributed by atoms with E-state index in [9.17, 15) is 17.6 Å². The van der Waals surface area contributed by atoms with Gasteiger partial charge in [-0.2, -0.15) is 5.10 Å². The predicted molar refractivity (Wildman–Crippen MR) is 81.0 cm³/mol. The van der Waals surface area contributed by atoms with E-state index in [1.54, 1.807) is 6.92 Å². The third-order valence-electron chi connectivity index (χ3n) is 4.02. The number of hydrogen-bond donors (Lipinski definition) is 2. The number of hydrogen-bond acceptors (Lipinski definition) is 4. The van der Waals surface area contributed by atoms with E-state index in [-0.39, 0.29) is 16.6 Å². The Morgan fingerprint density at radius 1 is 1.39 bits per heavy atom. The van der Waals surface area contributed by atoms with E-state index in [0.717, 1.165) is 6.07 Å². The second kappa shape index (κ2) is 5.89. The third-order valence-corrected chi connectivity index (χ3v) is 5.68. The molecule has 23 heavy (non-hydrogen) atoms. The van der Waals surface area contributed by atoms with E-state index in [1.165, 1.54) is 16.7 Å². The molecule has 1 aliphatic rings. The molecule has 0 amide bonds. The Balaban J connectivity index is 1.79. The van der Waals surface area contributed by atoms with Crippen LogP contribution in [0, 0.1) is 12.7 Å². The van der Waals surface area contributed by atoms with Gasteiger partial charge in [-0.05, 0) is 37.5 Å². The summed E-state index contributed by atoms with van der Waals surface area (Å²) in [4.78, 5) is 11.5. The Bertz CT molecular complexity index is 888. The topological polar surface area (TPSA) is 96.8 Å². The van der Waals surface area contributed by atoms with Crippen LogP contribution in [-0.4, -0.2) is 29.2 Å². The van der Waals surface area contributed by atoms with Crippen LogP contribution >= 0.6 is 0 Å². The van der Waals surface area contributed by atoms with E-state index in [0.29, 0.717) is 37.2 Å². The normalized spacial score (nSPS) is 18.4. The molecule has 3 rings (SSSR count). The molecule has 7 nitrogen and oxygen atoms in total. The van der Waals surface area contributed by atoms with Crippen molar-refractivity contribution in [2.45, 2.75) is 43.7 Å². The number of aromatic amines is 1. The zero-order valence-corrected chi connectivity index (χ0v) is 13.4. The lowest BCUT2D eigenvalue weighted by Gasteiger charge is -2.17. The van der Waals surface area contributed by atoms with Gasteiger partial charge in [0.1, 0.15) is 11.6 Å². The highest BCUT2D eigenvalue weighted by molar-refractivity contribution is 7.89. The number of aryl methyl sites for hydroxylation is 2. The van der Waals surface area contributed by atoms with Gasteiger partial charge in [0.05, 0.1) is 4.90 Å². The Morgan fingerprint density at radius 3 is 2.96 bits per heavy atom. The van der Waals surface area contributed by atoms with E-state index < -0.39 is 15.8 Å². The molecule has 0 aliphatic carbocycles. The van der Waals surface area contributed by atoms with Gasteiger partial charge < -0.3 is 0 Å². The van der Waals surface area contributed by atoms with Crippen LogP contribution in [0.3, 0.4) is 0 Å². The van der Waals surface area contributed by atoms with Crippen molar-refractivity contribution in [1.29, 1.82) is 0 Å². The zero-order chi connectivity index (χ0) is 16.6. The summed E-state index contributed by atoms with van der Waals surface area (Å²) in [5.74, 6) is 0.0298. The average Bonchev–Trinajstić information content (AvgIpc) is 2.72. The van der Waals surface area contributed by atoms with Gasteiger partial charge in [-0.1, -0.05) is 6.07 Å². The van der Waals surface area contributed by atoms with Crippen molar-refractivity contribution < 1.29 is 12.8 Å². The molecule has 0 bridgehead atoms. The van der Waals surface area contributed by atoms with Crippen molar-refractivity contribution in [2.24, 2.45) is 0 Å². The molecule has 1 aliphatic heterocycles. The number of nitrogens with zero attached hydrogens (tertiary/aromatic N) is 2. The number of fused-ring (bicyclic) bond motifs is 1. The molecule has 9 heteroatoms. The fourth-order valence-electron chi connectivity index (χ4n) is 2.77. The lowest BCUT2D eigenvalue weighted by molar-refractivity contribution is 0.493. The molecule has 2 heterocycles. The number of rotatable bonds is 3. The molecule has 0 spiro atoms. The standard InChI is InChI=1S/C14H17FN4O3S/c1-9-2-3-10(15)8-12(9)23(21,22)18-11-4-5-13-16-17-14(20)19(13)7-6-11/h2-3,8,11,18H,4-7H2,1H3,(H,17,20). The van der Waals surface area contributed by atoms with Gasteiger partial charge in [0, 0.05) is 19.0 Å². The first-order valence-electron chi connectivity index (χ1n) is 7.29. The van der Waals surface area contributed by atoms with Crippen molar-refractivity contribution >= 4 is 10.0 Å². The SMILES string of the molecule is Cc1ccc(F)cc1S(=O)(=O)NC1CCc2n[nH]c(=O)n2CC1. The van der Waals surface area contributed by atoms with Gasteiger partial charge in [-0.15, -0.1) is 0 Å². The van der Waals surface area contributed by atoms with Gasteiger partial charge in [0.15, 0.2) is 0 Å². The second-order valence-corrected chi connectivity index (χ2v) is 7.33. The van der Waals surface area contributed by atoms with Crippen LogP contribution in [0.5, 0.6) is 0 Å². The number of aromatic nitrogens is 3. The lowest BCUT2D eigenvalue weighted by Crippen LogP contribution is -2.35. The fourth-order valence-corrected chi connectivity index (χ4v) is 4.33. The van der Waals surface area contributed by atoms with Crippen LogP contribution in [-0.2, 0) is 23.0 Å². The minimum atomic E-state index is -3.82. The first-order valence-corrected chi connectivity index (χ1v) is 8.78. The number of H-pyrrole nitrogens is 1. The number of sulfonamides is 1. The van der Waals surface area contributed by atoms with E-state index in [2.05, 4.69) is 14.9 Å². The van der Waals surface area contributed by atoms with Crippen LogP contribution in [0.1, 0.15) is 24.2 Å². The summed E-state index contributed by atoms with van der Waals surface area (Å²) in [6.07, 6.45) is 1.49. The lowest BCUT2D eigenvalue weighted by atomic mass is 10.1. The quantitative estimate of drug-likeness (QED) is 0.860. The largest absolute Gasteiger partial charge is 0.343 e. The molecule has 1 aromatic carbocycles. The van der Waals surface area contributed by atoms with Gasteiger partial charge in [0.2, 0.25) is 10.0 Å². The van der Waals surface area contributed by atoms with E-state index >= 15 is 0 Å². The summed E-state index contributed by atoms with van der Waals surface area (Å²) in [5, 5.41) is 6.32. The summed E-state index contributed by atoms with van der Waals surface area (Å²) in [7, 11) is -3.82. The van der Waals surface area contributed by atoms with Gasteiger partial charge in [-0.25, -0.2) is 27.4 Å². The van der Waals surface area contributed by atoms with Crippen LogP contribution in [0.25, 0.3) is 0 Å². The minimum absolute atomic E-state index is 0.0580. The highest BCUT2D eigenvalue weighted by Gasteiger charge is 2.25. The highest BCUT2D eigenvalue weighted by Crippen LogP contribution is 2.19. The number of benzene rings is 1. The molecule has 2 N–H and O–H groups in total. The first-order chi connectivity index (χ1) is 10.9. The molecular weight excluding hydrogens is 323 g/mol. The van der Waals surface area contributed by atoms with Gasteiger partial charge in [-0.3, -0.25) is 4.57 Å². The van der Waals surface area contributed by atoms with Gasteiger partial charge in [0.25, 0.3) is 0 Å². The molecule has 1 aromatic heterocycles. The maximum Gasteiger partial charge on any atom is 0.343 e. The third kappa shape index (κ3) is 3.20. The molecule has 1 unspecified atom stereocenters. The molecule has 2 aromatic rings. The Hall–Kier alpha value is -2.00. The summed E-state index contributed by atoms with van der Waals surface area (Å²) < 4.78 is 42.5. The minimum Gasteiger partial charge on any atom is -0.279 e. The molecule has 124 valence electrons. The molecule has 1 atom stereocenters. The Labute approximate surface area is 132 Å². The summed E-state index contributed by atoms with van der Waals surface area (Å²) in [6.45, 7) is 2.01. The van der Waals surface area contributed by atoms with E-state index in [4.69, 9.17) is 0 Å². The smallest absolute Gasteiger partial charge is 0.279 e. The average molecular weight is 340 g/mol. The van der Waals surface area contributed by atoms with Crippen molar-refractivity contribution in [1.82, 2.24) is 19.5 Å². The Kier molecular flexibility index (Phi) is 4.07. The van der Waals surface area contributed by atoms with Crippen LogP contribution in [0.4, 0.5) is 4.39 Å². The molecule has 0 saturated heterocycles. The maximum absolute atomic E-state index is 13.4. The number of halogens is 1. The van der Waals surface area contributed by atoms with Gasteiger partial charge >= 0.3 is 5.69 Å². The summed E-state index contributed by atoms with van der Waals surface area (Å²) >= 11 is 0. The van der Waals surface area contributed by atoms with Crippen LogP contribution in [0.2, 0.25) is 0 Å². The van der Waals surface area contributed by atoms with Crippen molar-refractivity contribution in [3.05, 3.63) is 45.9 Å². The molecular formula is C14H17FN4O3S. The summed E-state index contributed by atoms with van der Waals surface area (Å²) in [6, 6.07) is 3.35. The zero-order valence-electron chi connectivity index (χ0n) is 12.5. The first kappa shape index (κ1) is 15.9. The van der Waals surface area contributed by atoms with Crippen LogP contribution < -0.4 is 10.4 Å². The molecule has 0 saturated carbocycles. The molecule has 0 fully saturated rings. The van der Waals surface area contributed by atoms with Crippen molar-refractivity contribution in [2.75, 3.05) is 0 Å². The second-order valence-electron chi connectivity index (χ2n) is 5.65. The highest BCUT2D eigenvalue weighted by atomic mass is 32.2. The predicted octanol–water partition coefficient (Wildman–Crippen LogP) is 0.702. The summed E-state index contributed by atoms with van der Waals surface area (Å²) in [5.41, 5.74) is 0.196. The molecule has 0 radical (unpaired) electrons. The fraction of sp³-hybridized carbons (Fsp3) is 0.429. The van der Waals surface area contributed by atoms with E-state index in [1.807, 2.05) is 0 Å². The van der Waals surface area contributed by atoms with Crippen molar-refractivity contribution in [3.63, 3.8) is 0 Å². The number of nitrogens with one attached hydrogen (secondary N) is 2. The maximum atomic E-state index is 13.4. The van der Waals surface area contributed by atoms with Crippen molar-refractivity contribution in [3.8, 4) is 0 Å².